The molecule has 2 aromatic rings. The zero-order valence-electron chi connectivity index (χ0n) is 9.72. The molecule has 0 fully saturated rings. The molecule has 4 nitrogen and oxygen atoms in total. The molecule has 0 bridgehead atoms. The minimum Gasteiger partial charge on any atom is -0.397 e. The molecule has 1 unspecified atom stereocenters. The van der Waals surface area contributed by atoms with Gasteiger partial charge in [-0.15, -0.1) is 0 Å². The Kier molecular flexibility index (Phi) is 3.14. The van der Waals surface area contributed by atoms with E-state index < -0.39 is 0 Å². The van der Waals surface area contributed by atoms with Crippen molar-refractivity contribution in [2.75, 3.05) is 16.8 Å². The largest absolute Gasteiger partial charge is 0.397 e. The van der Waals surface area contributed by atoms with Gasteiger partial charge in [-0.3, -0.25) is 4.98 Å². The summed E-state index contributed by atoms with van der Waals surface area (Å²) in [5.41, 5.74) is 14.5. The standard InChI is InChI=1S/C13H16N4/c1-9(13-4-2-3-7-16-13)17-10-5-6-11(14)12(15)8-10/h2-9,17H,14-15H2,1H3. The summed E-state index contributed by atoms with van der Waals surface area (Å²) in [5, 5.41) is 3.33. The second-order valence-corrected chi connectivity index (χ2v) is 3.96. The van der Waals surface area contributed by atoms with Crippen molar-refractivity contribution < 1.29 is 0 Å². The maximum atomic E-state index is 5.75. The second-order valence-electron chi connectivity index (χ2n) is 3.96. The van der Waals surface area contributed by atoms with Crippen LogP contribution in [0.2, 0.25) is 0 Å². The summed E-state index contributed by atoms with van der Waals surface area (Å²) in [7, 11) is 0. The molecule has 1 heterocycles. The van der Waals surface area contributed by atoms with Crippen LogP contribution in [0.4, 0.5) is 17.1 Å². The van der Waals surface area contributed by atoms with Crippen LogP contribution in [0, 0.1) is 0 Å². The number of nitrogens with two attached hydrogens (primary N) is 2. The summed E-state index contributed by atoms with van der Waals surface area (Å²) in [6, 6.07) is 11.5. The molecule has 0 amide bonds. The molecule has 0 aliphatic rings. The van der Waals surface area contributed by atoms with E-state index in [2.05, 4.69) is 17.2 Å². The molecule has 1 atom stereocenters. The van der Waals surface area contributed by atoms with Crippen molar-refractivity contribution in [2.45, 2.75) is 13.0 Å². The van der Waals surface area contributed by atoms with Gasteiger partial charge in [-0.1, -0.05) is 6.07 Å². The number of hydrogen-bond acceptors (Lipinski definition) is 4. The van der Waals surface area contributed by atoms with Crippen LogP contribution in [0.1, 0.15) is 18.7 Å². The van der Waals surface area contributed by atoms with E-state index in [1.54, 1.807) is 12.3 Å². The van der Waals surface area contributed by atoms with Crippen molar-refractivity contribution in [3.05, 3.63) is 48.3 Å². The lowest BCUT2D eigenvalue weighted by Gasteiger charge is -2.15. The molecule has 0 spiro atoms. The third-order valence-corrected chi connectivity index (χ3v) is 2.60. The van der Waals surface area contributed by atoms with Crippen molar-refractivity contribution in [3.8, 4) is 0 Å². The first kappa shape index (κ1) is 11.3. The molecular formula is C13H16N4. The van der Waals surface area contributed by atoms with Gasteiger partial charge in [0, 0.05) is 11.9 Å². The number of aromatic nitrogens is 1. The number of nitrogen functional groups attached to an aromatic ring is 2. The van der Waals surface area contributed by atoms with Gasteiger partial charge < -0.3 is 16.8 Å². The molecule has 0 aliphatic carbocycles. The minimum absolute atomic E-state index is 0.124. The van der Waals surface area contributed by atoms with Crippen LogP contribution in [0.25, 0.3) is 0 Å². The molecule has 5 N–H and O–H groups in total. The van der Waals surface area contributed by atoms with Gasteiger partial charge in [-0.2, -0.15) is 0 Å². The summed E-state index contributed by atoms with van der Waals surface area (Å²) >= 11 is 0. The van der Waals surface area contributed by atoms with Gasteiger partial charge in [0.25, 0.3) is 0 Å². The SMILES string of the molecule is CC(Nc1ccc(N)c(N)c1)c1ccccn1. The lowest BCUT2D eigenvalue weighted by Crippen LogP contribution is -2.08. The zero-order valence-corrected chi connectivity index (χ0v) is 9.72. The van der Waals surface area contributed by atoms with E-state index in [4.69, 9.17) is 11.5 Å². The Labute approximate surface area is 101 Å². The summed E-state index contributed by atoms with van der Waals surface area (Å²) in [6.45, 7) is 2.05. The molecule has 1 aromatic carbocycles. The molecule has 2 rings (SSSR count). The fourth-order valence-electron chi connectivity index (χ4n) is 1.62. The van der Waals surface area contributed by atoms with E-state index in [0.717, 1.165) is 11.4 Å². The van der Waals surface area contributed by atoms with Gasteiger partial charge in [0.15, 0.2) is 0 Å². The molecule has 4 heteroatoms. The average molecular weight is 228 g/mol. The Balaban J connectivity index is 2.13. The fraction of sp³-hybridized carbons (Fsp3) is 0.154. The minimum atomic E-state index is 0.124. The predicted molar refractivity (Wildman–Crippen MR) is 71.5 cm³/mol. The Bertz CT molecular complexity index is 496. The highest BCUT2D eigenvalue weighted by atomic mass is 14.9. The van der Waals surface area contributed by atoms with E-state index >= 15 is 0 Å². The lowest BCUT2D eigenvalue weighted by atomic mass is 10.2. The Hall–Kier alpha value is -2.23. The van der Waals surface area contributed by atoms with Crippen LogP contribution in [-0.4, -0.2) is 4.98 Å². The molecule has 0 saturated heterocycles. The van der Waals surface area contributed by atoms with E-state index in [1.807, 2.05) is 30.3 Å². The van der Waals surface area contributed by atoms with Crippen LogP contribution < -0.4 is 16.8 Å². The van der Waals surface area contributed by atoms with Crippen molar-refractivity contribution in [3.63, 3.8) is 0 Å². The summed E-state index contributed by atoms with van der Waals surface area (Å²) in [4.78, 5) is 4.30. The zero-order chi connectivity index (χ0) is 12.3. The van der Waals surface area contributed by atoms with Crippen LogP contribution in [-0.2, 0) is 0 Å². The smallest absolute Gasteiger partial charge is 0.0657 e. The molecule has 1 aromatic heterocycles. The first-order valence-electron chi connectivity index (χ1n) is 5.49. The average Bonchev–Trinajstić information content (AvgIpc) is 2.35. The number of pyridine rings is 1. The maximum Gasteiger partial charge on any atom is 0.0657 e. The highest BCUT2D eigenvalue weighted by Crippen LogP contribution is 2.23. The predicted octanol–water partition coefficient (Wildman–Crippen LogP) is 2.42. The Morgan fingerprint density at radius 3 is 2.59 bits per heavy atom. The third kappa shape index (κ3) is 2.66. The Morgan fingerprint density at radius 2 is 1.94 bits per heavy atom. The number of nitrogens with zero attached hydrogens (tertiary/aromatic N) is 1. The molecule has 0 aliphatic heterocycles. The van der Waals surface area contributed by atoms with Crippen LogP contribution >= 0.6 is 0 Å². The molecule has 88 valence electrons. The van der Waals surface area contributed by atoms with Crippen molar-refractivity contribution >= 4 is 17.1 Å². The van der Waals surface area contributed by atoms with Gasteiger partial charge in [0.05, 0.1) is 23.1 Å². The van der Waals surface area contributed by atoms with Crippen molar-refractivity contribution in [1.82, 2.24) is 4.98 Å². The molecule has 0 saturated carbocycles. The number of anilines is 3. The molecule has 0 radical (unpaired) electrons. The quantitative estimate of drug-likeness (QED) is 0.705. The van der Waals surface area contributed by atoms with Gasteiger partial charge in [-0.25, -0.2) is 0 Å². The Morgan fingerprint density at radius 1 is 1.12 bits per heavy atom. The monoisotopic (exact) mass is 228 g/mol. The topological polar surface area (TPSA) is 77.0 Å². The summed E-state index contributed by atoms with van der Waals surface area (Å²) in [5.74, 6) is 0. The number of rotatable bonds is 3. The van der Waals surface area contributed by atoms with E-state index in [-0.39, 0.29) is 6.04 Å². The second kappa shape index (κ2) is 4.74. The van der Waals surface area contributed by atoms with E-state index in [1.165, 1.54) is 0 Å². The highest BCUT2D eigenvalue weighted by molar-refractivity contribution is 5.69. The normalized spacial score (nSPS) is 12.1. The molecule has 17 heavy (non-hydrogen) atoms. The van der Waals surface area contributed by atoms with Crippen LogP contribution in [0.5, 0.6) is 0 Å². The number of benzene rings is 1. The number of nitrogens with one attached hydrogen (secondary N) is 1. The highest BCUT2D eigenvalue weighted by Gasteiger charge is 2.06. The first-order chi connectivity index (χ1) is 8.16. The van der Waals surface area contributed by atoms with Crippen molar-refractivity contribution in [2.24, 2.45) is 0 Å². The lowest BCUT2D eigenvalue weighted by molar-refractivity contribution is 0.839. The van der Waals surface area contributed by atoms with Gasteiger partial charge in [-0.05, 0) is 37.3 Å². The number of hydrogen-bond donors (Lipinski definition) is 3. The van der Waals surface area contributed by atoms with Gasteiger partial charge >= 0.3 is 0 Å². The van der Waals surface area contributed by atoms with Crippen molar-refractivity contribution in [1.29, 1.82) is 0 Å². The summed E-state index contributed by atoms with van der Waals surface area (Å²) in [6.07, 6.45) is 1.78. The van der Waals surface area contributed by atoms with Gasteiger partial charge in [0.2, 0.25) is 0 Å². The van der Waals surface area contributed by atoms with Crippen LogP contribution in [0.15, 0.2) is 42.6 Å². The molecular weight excluding hydrogens is 212 g/mol. The third-order valence-electron chi connectivity index (χ3n) is 2.60. The van der Waals surface area contributed by atoms with E-state index in [9.17, 15) is 0 Å². The van der Waals surface area contributed by atoms with E-state index in [0.29, 0.717) is 11.4 Å². The summed E-state index contributed by atoms with van der Waals surface area (Å²) < 4.78 is 0. The van der Waals surface area contributed by atoms with Crippen LogP contribution in [0.3, 0.4) is 0 Å². The fourth-order valence-corrected chi connectivity index (χ4v) is 1.62. The first-order valence-corrected chi connectivity index (χ1v) is 5.49. The maximum absolute atomic E-state index is 5.75. The van der Waals surface area contributed by atoms with Gasteiger partial charge in [0.1, 0.15) is 0 Å².